The molecule has 0 aliphatic carbocycles. The minimum atomic E-state index is -1.08. The molecule has 0 aliphatic heterocycles. The fourth-order valence-electron chi connectivity index (χ4n) is 1.67. The minimum absolute atomic E-state index is 0.0627. The molecule has 0 atom stereocenters. The van der Waals surface area contributed by atoms with E-state index < -0.39 is 11.8 Å². The van der Waals surface area contributed by atoms with Crippen LogP contribution in [0.5, 0.6) is 0 Å². The molecule has 2 rings (SSSR count). The van der Waals surface area contributed by atoms with Gasteiger partial charge in [-0.1, -0.05) is 0 Å². The molecule has 6 heteroatoms. The molecule has 0 saturated heterocycles. The van der Waals surface area contributed by atoms with Crippen molar-refractivity contribution in [3.63, 3.8) is 0 Å². The maximum atomic E-state index is 13.0. The molecule has 0 bridgehead atoms. The van der Waals surface area contributed by atoms with Gasteiger partial charge in [-0.2, -0.15) is 5.26 Å². The fourth-order valence-corrected chi connectivity index (χ4v) is 1.67. The summed E-state index contributed by atoms with van der Waals surface area (Å²) in [4.78, 5) is 10.8. The van der Waals surface area contributed by atoms with Gasteiger partial charge in [0.05, 0.1) is 28.2 Å². The predicted octanol–water partition coefficient (Wildman–Crippen LogP) is 2.72. The first-order chi connectivity index (χ1) is 9.51. The number of hydrogen-bond donors (Lipinski definition) is 3. The van der Waals surface area contributed by atoms with Crippen LogP contribution in [0.2, 0.25) is 0 Å². The maximum absolute atomic E-state index is 13.0. The lowest BCUT2D eigenvalue weighted by molar-refractivity contribution is 0.0697. The average molecular weight is 271 g/mol. The number of hydrogen-bond acceptors (Lipinski definition) is 4. The van der Waals surface area contributed by atoms with Gasteiger partial charge in [0.1, 0.15) is 11.9 Å². The van der Waals surface area contributed by atoms with Crippen molar-refractivity contribution in [3.8, 4) is 6.07 Å². The van der Waals surface area contributed by atoms with Gasteiger partial charge < -0.3 is 16.2 Å². The summed E-state index contributed by atoms with van der Waals surface area (Å²) in [7, 11) is 0. The van der Waals surface area contributed by atoms with Crippen LogP contribution in [0.25, 0.3) is 0 Å². The number of carbonyl (C=O) groups is 1. The summed E-state index contributed by atoms with van der Waals surface area (Å²) in [6.45, 7) is 0. The zero-order chi connectivity index (χ0) is 14.7. The highest BCUT2D eigenvalue weighted by Crippen LogP contribution is 2.26. The molecule has 0 radical (unpaired) electrons. The first-order valence-corrected chi connectivity index (χ1v) is 5.61. The van der Waals surface area contributed by atoms with E-state index in [9.17, 15) is 9.18 Å². The van der Waals surface area contributed by atoms with Crippen molar-refractivity contribution in [1.29, 1.82) is 5.26 Å². The highest BCUT2D eigenvalue weighted by molar-refractivity contribution is 5.91. The van der Waals surface area contributed by atoms with Crippen LogP contribution in [0, 0.1) is 17.1 Å². The number of nitrogen functional groups attached to an aromatic ring is 1. The van der Waals surface area contributed by atoms with Crippen LogP contribution < -0.4 is 11.1 Å². The van der Waals surface area contributed by atoms with Crippen molar-refractivity contribution < 1.29 is 14.3 Å². The number of anilines is 3. The molecule has 4 N–H and O–H groups in total. The summed E-state index contributed by atoms with van der Waals surface area (Å²) in [6, 6.07) is 9.78. The van der Waals surface area contributed by atoms with Gasteiger partial charge in [0.25, 0.3) is 0 Å². The first kappa shape index (κ1) is 13.4. The van der Waals surface area contributed by atoms with Gasteiger partial charge in [-0.3, -0.25) is 0 Å². The number of nitrogens with zero attached hydrogens (tertiary/aromatic N) is 1. The van der Waals surface area contributed by atoms with Gasteiger partial charge in [0, 0.05) is 0 Å². The van der Waals surface area contributed by atoms with Crippen LogP contribution in [-0.2, 0) is 0 Å². The van der Waals surface area contributed by atoms with E-state index in [4.69, 9.17) is 16.1 Å². The monoisotopic (exact) mass is 271 g/mol. The molecule has 0 saturated carbocycles. The molecule has 0 amide bonds. The van der Waals surface area contributed by atoms with Gasteiger partial charge in [0.2, 0.25) is 0 Å². The zero-order valence-electron chi connectivity index (χ0n) is 10.2. The Kier molecular flexibility index (Phi) is 3.53. The molecule has 20 heavy (non-hydrogen) atoms. The molecule has 0 fully saturated rings. The second kappa shape index (κ2) is 5.28. The summed E-state index contributed by atoms with van der Waals surface area (Å²) in [5, 5.41) is 20.7. The summed E-state index contributed by atoms with van der Waals surface area (Å²) in [5.74, 6) is -1.59. The molecular weight excluding hydrogens is 261 g/mol. The Morgan fingerprint density at radius 3 is 2.55 bits per heavy atom. The van der Waals surface area contributed by atoms with Crippen LogP contribution in [0.4, 0.5) is 21.5 Å². The standard InChI is InChI=1S/C14H10FN3O2/c15-10-2-4-12(9(5-10)7-16)18-13-3-1-8(14(19)20)6-11(13)17/h1-6,18H,17H2,(H,19,20). The van der Waals surface area contributed by atoms with Gasteiger partial charge in [-0.15, -0.1) is 0 Å². The number of benzene rings is 2. The SMILES string of the molecule is N#Cc1cc(F)ccc1Nc1ccc(C(=O)O)cc1N. The van der Waals surface area contributed by atoms with Crippen LogP contribution >= 0.6 is 0 Å². The molecule has 0 spiro atoms. The number of rotatable bonds is 3. The molecule has 0 aromatic heterocycles. The van der Waals surface area contributed by atoms with E-state index in [0.717, 1.165) is 6.07 Å². The van der Waals surface area contributed by atoms with Crippen molar-refractivity contribution >= 4 is 23.0 Å². The Morgan fingerprint density at radius 2 is 1.95 bits per heavy atom. The summed E-state index contributed by atoms with van der Waals surface area (Å²) < 4.78 is 13.0. The highest BCUT2D eigenvalue weighted by atomic mass is 19.1. The Balaban J connectivity index is 2.36. The molecule has 2 aromatic rings. The number of nitrogens with one attached hydrogen (secondary N) is 1. The minimum Gasteiger partial charge on any atom is -0.478 e. The normalized spacial score (nSPS) is 9.80. The van der Waals surface area contributed by atoms with Gasteiger partial charge in [-0.25, -0.2) is 9.18 Å². The van der Waals surface area contributed by atoms with Crippen molar-refractivity contribution in [2.24, 2.45) is 0 Å². The van der Waals surface area contributed by atoms with Crippen molar-refractivity contribution in [3.05, 3.63) is 53.3 Å². The number of halogens is 1. The molecule has 5 nitrogen and oxygen atoms in total. The van der Waals surface area contributed by atoms with E-state index in [1.807, 2.05) is 6.07 Å². The highest BCUT2D eigenvalue weighted by Gasteiger charge is 2.09. The van der Waals surface area contributed by atoms with Crippen LogP contribution in [0.15, 0.2) is 36.4 Å². The fraction of sp³-hybridized carbons (Fsp3) is 0. The van der Waals surface area contributed by atoms with Crippen molar-refractivity contribution in [1.82, 2.24) is 0 Å². The Labute approximate surface area is 114 Å². The predicted molar refractivity (Wildman–Crippen MR) is 72.2 cm³/mol. The van der Waals surface area contributed by atoms with E-state index in [-0.39, 0.29) is 16.8 Å². The van der Waals surface area contributed by atoms with E-state index in [1.165, 1.54) is 30.3 Å². The lowest BCUT2D eigenvalue weighted by Crippen LogP contribution is -2.02. The van der Waals surface area contributed by atoms with Gasteiger partial charge >= 0.3 is 5.97 Å². The molecule has 100 valence electrons. The lowest BCUT2D eigenvalue weighted by Gasteiger charge is -2.11. The third-order valence-corrected chi connectivity index (χ3v) is 2.67. The van der Waals surface area contributed by atoms with Gasteiger partial charge in [-0.05, 0) is 36.4 Å². The van der Waals surface area contributed by atoms with Crippen LogP contribution in [0.3, 0.4) is 0 Å². The molecule has 0 unspecified atom stereocenters. The number of nitriles is 1. The quantitative estimate of drug-likeness (QED) is 0.745. The number of aromatic carboxylic acids is 1. The smallest absolute Gasteiger partial charge is 0.335 e. The zero-order valence-corrected chi connectivity index (χ0v) is 10.2. The number of carboxylic acids is 1. The van der Waals surface area contributed by atoms with Crippen LogP contribution in [0.1, 0.15) is 15.9 Å². The largest absolute Gasteiger partial charge is 0.478 e. The Hall–Kier alpha value is -3.07. The number of nitrogens with two attached hydrogens (primary N) is 1. The third kappa shape index (κ3) is 2.67. The molecule has 0 heterocycles. The second-order valence-corrected chi connectivity index (χ2v) is 4.03. The number of carboxylic acid groups (broad SMARTS) is 1. The van der Waals surface area contributed by atoms with Crippen molar-refractivity contribution in [2.75, 3.05) is 11.1 Å². The lowest BCUT2D eigenvalue weighted by atomic mass is 10.1. The van der Waals surface area contributed by atoms with E-state index >= 15 is 0 Å². The van der Waals surface area contributed by atoms with Gasteiger partial charge in [0.15, 0.2) is 0 Å². The van der Waals surface area contributed by atoms with E-state index in [1.54, 1.807) is 0 Å². The summed E-state index contributed by atoms with van der Waals surface area (Å²) in [5.41, 5.74) is 6.99. The van der Waals surface area contributed by atoms with Crippen LogP contribution in [-0.4, -0.2) is 11.1 Å². The Bertz CT molecular complexity index is 723. The molecular formula is C14H10FN3O2. The average Bonchev–Trinajstić information content (AvgIpc) is 2.42. The maximum Gasteiger partial charge on any atom is 0.335 e. The topological polar surface area (TPSA) is 99.1 Å². The summed E-state index contributed by atoms with van der Waals surface area (Å²) in [6.07, 6.45) is 0. The second-order valence-electron chi connectivity index (χ2n) is 4.03. The van der Waals surface area contributed by atoms with E-state index in [0.29, 0.717) is 11.4 Å². The third-order valence-electron chi connectivity index (χ3n) is 2.67. The Morgan fingerprint density at radius 1 is 1.25 bits per heavy atom. The summed E-state index contributed by atoms with van der Waals surface area (Å²) >= 11 is 0. The molecule has 2 aromatic carbocycles. The molecule has 0 aliphatic rings. The van der Waals surface area contributed by atoms with Crippen molar-refractivity contribution in [2.45, 2.75) is 0 Å². The van der Waals surface area contributed by atoms with E-state index in [2.05, 4.69) is 5.32 Å². The first-order valence-electron chi connectivity index (χ1n) is 5.61.